The molecule has 0 aliphatic heterocycles. The van der Waals surface area contributed by atoms with Crippen molar-refractivity contribution in [1.29, 1.82) is 0 Å². The van der Waals surface area contributed by atoms with E-state index in [1.54, 1.807) is 0 Å². The number of rotatable bonds is 5. The van der Waals surface area contributed by atoms with Crippen molar-refractivity contribution < 1.29 is 4.52 Å². The molecule has 0 N–H and O–H groups in total. The van der Waals surface area contributed by atoms with E-state index in [1.807, 2.05) is 18.2 Å². The standard InChI is InChI=1S/C9H6NO.C4H9.Sn/c1-2-4-8(5-3-1)9-6-7-11-10-9;1-3-4-2;/h1-6H;1,3-4H2,2H3;. The van der Waals surface area contributed by atoms with E-state index >= 15 is 0 Å². The van der Waals surface area contributed by atoms with Crippen molar-refractivity contribution in [2.75, 3.05) is 0 Å². The van der Waals surface area contributed by atoms with Gasteiger partial charge in [-0.15, -0.1) is 0 Å². The van der Waals surface area contributed by atoms with E-state index in [1.165, 1.54) is 17.3 Å². The third kappa shape index (κ3) is 3.11. The van der Waals surface area contributed by atoms with Crippen molar-refractivity contribution in [3.63, 3.8) is 0 Å². The van der Waals surface area contributed by atoms with E-state index in [0.29, 0.717) is 0 Å². The molecule has 0 aliphatic rings. The molecule has 0 amide bonds. The third-order valence-corrected chi connectivity index (χ3v) is 5.80. The zero-order valence-electron chi connectivity index (χ0n) is 9.44. The Balaban J connectivity index is 2.02. The monoisotopic (exact) mass is 321 g/mol. The van der Waals surface area contributed by atoms with Crippen molar-refractivity contribution in [1.82, 2.24) is 5.16 Å². The van der Waals surface area contributed by atoms with Gasteiger partial charge >= 0.3 is 106 Å². The average molecular weight is 320 g/mol. The SMILES string of the molecule is CCC[CH2][Sn][c]1cc(-c2ccccc2)no1. The Morgan fingerprint density at radius 2 is 2.06 bits per heavy atom. The van der Waals surface area contributed by atoms with Crippen LogP contribution in [-0.4, -0.2) is 26.3 Å². The molecule has 0 aliphatic carbocycles. The Bertz CT molecular complexity index is 425. The van der Waals surface area contributed by atoms with Crippen LogP contribution in [0.2, 0.25) is 4.44 Å². The van der Waals surface area contributed by atoms with Gasteiger partial charge in [-0.2, -0.15) is 0 Å². The van der Waals surface area contributed by atoms with Gasteiger partial charge in [0, 0.05) is 0 Å². The minimum absolute atomic E-state index is 0.511. The molecule has 16 heavy (non-hydrogen) atoms. The Kier molecular flexibility index (Phi) is 4.45. The summed E-state index contributed by atoms with van der Waals surface area (Å²) in [4.78, 5) is 0. The van der Waals surface area contributed by atoms with Crippen molar-refractivity contribution >= 4 is 24.9 Å². The topological polar surface area (TPSA) is 26.0 Å². The molecule has 0 spiro atoms. The van der Waals surface area contributed by atoms with Crippen LogP contribution in [0.3, 0.4) is 0 Å². The molecular formula is C13H15NOSn. The molecule has 2 aromatic rings. The van der Waals surface area contributed by atoms with Crippen LogP contribution in [0, 0.1) is 0 Å². The van der Waals surface area contributed by atoms with Crippen LogP contribution in [-0.2, 0) is 0 Å². The van der Waals surface area contributed by atoms with Gasteiger partial charge in [0.15, 0.2) is 0 Å². The number of hydrogen-bond donors (Lipinski definition) is 0. The molecule has 0 unspecified atom stereocenters. The summed E-state index contributed by atoms with van der Waals surface area (Å²) in [5.74, 6) is 0. The molecule has 82 valence electrons. The summed E-state index contributed by atoms with van der Waals surface area (Å²) in [5.41, 5.74) is 2.13. The summed E-state index contributed by atoms with van der Waals surface area (Å²) in [6, 6.07) is 12.3. The van der Waals surface area contributed by atoms with Gasteiger partial charge in [-0.05, 0) is 0 Å². The Labute approximate surface area is 106 Å². The molecule has 2 rings (SSSR count). The van der Waals surface area contributed by atoms with Crippen LogP contribution in [0.25, 0.3) is 11.3 Å². The van der Waals surface area contributed by atoms with Crippen LogP contribution in [0.1, 0.15) is 19.8 Å². The quantitative estimate of drug-likeness (QED) is 0.625. The number of aromatic nitrogens is 1. The molecule has 1 heterocycles. The summed E-state index contributed by atoms with van der Waals surface area (Å²) in [7, 11) is 0. The predicted molar refractivity (Wildman–Crippen MR) is 67.0 cm³/mol. The van der Waals surface area contributed by atoms with Crippen LogP contribution >= 0.6 is 0 Å². The normalized spacial score (nSPS) is 10.6. The summed E-state index contributed by atoms with van der Waals surface area (Å²) in [5, 5.41) is 4.13. The van der Waals surface area contributed by atoms with Gasteiger partial charge in [0.2, 0.25) is 0 Å². The van der Waals surface area contributed by atoms with Gasteiger partial charge in [0.25, 0.3) is 0 Å². The fourth-order valence-electron chi connectivity index (χ4n) is 1.49. The molecule has 0 saturated heterocycles. The summed E-state index contributed by atoms with van der Waals surface area (Å²) in [6.07, 6.45) is 2.61. The molecule has 0 saturated carbocycles. The maximum atomic E-state index is 5.39. The Morgan fingerprint density at radius 3 is 2.81 bits per heavy atom. The molecule has 0 atom stereocenters. The third-order valence-electron chi connectivity index (χ3n) is 2.41. The summed E-state index contributed by atoms with van der Waals surface area (Å²) >= 11 is -0.511. The van der Waals surface area contributed by atoms with E-state index in [-0.39, 0.29) is 0 Å². The molecule has 0 bridgehead atoms. The minimum atomic E-state index is -0.511. The second kappa shape index (κ2) is 6.09. The van der Waals surface area contributed by atoms with Gasteiger partial charge in [0.05, 0.1) is 0 Å². The molecular weight excluding hydrogens is 305 g/mol. The van der Waals surface area contributed by atoms with Crippen molar-refractivity contribution in [3.05, 3.63) is 36.4 Å². The van der Waals surface area contributed by atoms with Crippen LogP contribution in [0.4, 0.5) is 0 Å². The second-order valence-electron chi connectivity index (χ2n) is 3.72. The van der Waals surface area contributed by atoms with Crippen molar-refractivity contribution in [2.45, 2.75) is 24.2 Å². The van der Waals surface area contributed by atoms with Gasteiger partial charge in [0.1, 0.15) is 0 Å². The molecule has 1 aromatic carbocycles. The van der Waals surface area contributed by atoms with E-state index in [0.717, 1.165) is 15.0 Å². The van der Waals surface area contributed by atoms with Gasteiger partial charge in [-0.25, -0.2) is 0 Å². The first-order chi connectivity index (χ1) is 7.90. The van der Waals surface area contributed by atoms with Crippen molar-refractivity contribution in [2.24, 2.45) is 0 Å². The van der Waals surface area contributed by atoms with Crippen LogP contribution < -0.4 is 3.78 Å². The number of hydrogen-bond acceptors (Lipinski definition) is 2. The van der Waals surface area contributed by atoms with E-state index in [2.05, 4.69) is 30.3 Å². The van der Waals surface area contributed by atoms with Crippen molar-refractivity contribution in [3.8, 4) is 11.3 Å². The molecule has 2 nitrogen and oxygen atoms in total. The van der Waals surface area contributed by atoms with Gasteiger partial charge < -0.3 is 0 Å². The summed E-state index contributed by atoms with van der Waals surface area (Å²) < 4.78 is 7.90. The number of benzene rings is 1. The van der Waals surface area contributed by atoms with E-state index in [9.17, 15) is 0 Å². The number of unbranched alkanes of at least 4 members (excludes halogenated alkanes) is 1. The predicted octanol–water partition coefficient (Wildman–Crippen LogP) is 2.89. The Hall–Kier alpha value is -0.771. The first-order valence-corrected chi connectivity index (χ1v) is 9.10. The van der Waals surface area contributed by atoms with Crippen LogP contribution in [0.5, 0.6) is 0 Å². The zero-order valence-corrected chi connectivity index (χ0v) is 12.3. The van der Waals surface area contributed by atoms with Gasteiger partial charge in [-0.1, -0.05) is 0 Å². The fourth-order valence-corrected chi connectivity index (χ4v) is 4.70. The maximum absolute atomic E-state index is 5.39. The second-order valence-corrected chi connectivity index (χ2v) is 7.57. The van der Waals surface area contributed by atoms with E-state index < -0.39 is 21.1 Å². The summed E-state index contributed by atoms with van der Waals surface area (Å²) in [6.45, 7) is 2.23. The fraction of sp³-hybridized carbons (Fsp3) is 0.308. The number of nitrogens with zero attached hydrogens (tertiary/aromatic N) is 1. The Morgan fingerprint density at radius 1 is 1.25 bits per heavy atom. The van der Waals surface area contributed by atoms with Crippen LogP contribution in [0.15, 0.2) is 40.9 Å². The molecule has 1 aromatic heterocycles. The first-order valence-electron chi connectivity index (χ1n) is 5.66. The zero-order chi connectivity index (χ0) is 11.2. The average Bonchev–Trinajstić information content (AvgIpc) is 2.79. The van der Waals surface area contributed by atoms with E-state index in [4.69, 9.17) is 4.52 Å². The van der Waals surface area contributed by atoms with Gasteiger partial charge in [-0.3, -0.25) is 0 Å². The molecule has 3 heteroatoms. The molecule has 2 radical (unpaired) electrons. The molecule has 0 fully saturated rings. The first kappa shape index (κ1) is 11.7.